The fourth-order valence-corrected chi connectivity index (χ4v) is 3.39. The van der Waals surface area contributed by atoms with Crippen molar-refractivity contribution in [2.75, 3.05) is 10.6 Å². The van der Waals surface area contributed by atoms with Gasteiger partial charge in [0, 0.05) is 16.8 Å². The van der Waals surface area contributed by atoms with E-state index >= 15 is 0 Å². The molecule has 0 aliphatic heterocycles. The van der Waals surface area contributed by atoms with E-state index in [1.807, 2.05) is 32.0 Å². The molecule has 0 saturated carbocycles. The van der Waals surface area contributed by atoms with E-state index in [0.717, 1.165) is 28.9 Å². The molecule has 0 fully saturated rings. The van der Waals surface area contributed by atoms with Gasteiger partial charge in [-0.1, -0.05) is 23.8 Å². The third-order valence-corrected chi connectivity index (χ3v) is 4.80. The highest BCUT2D eigenvalue weighted by Gasteiger charge is 2.30. The fraction of sp³-hybridized carbons (Fsp3) is 0.200. The summed E-state index contributed by atoms with van der Waals surface area (Å²) in [5.41, 5.74) is 2.92. The van der Waals surface area contributed by atoms with Crippen molar-refractivity contribution in [1.29, 1.82) is 0 Å². The summed E-state index contributed by atoms with van der Waals surface area (Å²) in [6.07, 6.45) is -4.33. The molecule has 0 aliphatic carbocycles. The molecular formula is C20H18F3N3OS. The summed E-state index contributed by atoms with van der Waals surface area (Å²) in [6.45, 7) is 3.90. The monoisotopic (exact) mass is 405 g/mol. The first-order valence-corrected chi connectivity index (χ1v) is 9.34. The Morgan fingerprint density at radius 3 is 2.64 bits per heavy atom. The van der Waals surface area contributed by atoms with Gasteiger partial charge in [0.05, 0.1) is 17.7 Å². The van der Waals surface area contributed by atoms with Crippen LogP contribution >= 0.6 is 11.3 Å². The van der Waals surface area contributed by atoms with Gasteiger partial charge in [-0.15, -0.1) is 11.3 Å². The lowest BCUT2D eigenvalue weighted by Gasteiger charge is -2.09. The van der Waals surface area contributed by atoms with Gasteiger partial charge in [-0.3, -0.25) is 4.79 Å². The number of hydrogen-bond acceptors (Lipinski definition) is 4. The summed E-state index contributed by atoms with van der Waals surface area (Å²) < 4.78 is 38.4. The molecular weight excluding hydrogens is 387 g/mol. The molecule has 0 atom stereocenters. The minimum absolute atomic E-state index is 0.0775. The van der Waals surface area contributed by atoms with Gasteiger partial charge in [0.2, 0.25) is 5.91 Å². The SMILES string of the molecule is Cc1ccc(NC(=O)Cc2csc(Nc3cccc(C(F)(F)F)c3)n2)c(C)c1. The van der Waals surface area contributed by atoms with Crippen LogP contribution in [0.15, 0.2) is 47.8 Å². The molecule has 28 heavy (non-hydrogen) atoms. The van der Waals surface area contributed by atoms with Crippen LogP contribution in [0.4, 0.5) is 29.7 Å². The maximum Gasteiger partial charge on any atom is 0.416 e. The molecule has 1 heterocycles. The number of amides is 1. The van der Waals surface area contributed by atoms with Gasteiger partial charge in [0.1, 0.15) is 0 Å². The van der Waals surface area contributed by atoms with Crippen molar-refractivity contribution in [1.82, 2.24) is 4.98 Å². The quantitative estimate of drug-likeness (QED) is 0.572. The van der Waals surface area contributed by atoms with Gasteiger partial charge in [-0.2, -0.15) is 13.2 Å². The topological polar surface area (TPSA) is 54.0 Å². The Balaban J connectivity index is 1.63. The molecule has 146 valence electrons. The summed E-state index contributed by atoms with van der Waals surface area (Å²) >= 11 is 1.23. The first-order valence-electron chi connectivity index (χ1n) is 8.46. The molecule has 0 unspecified atom stereocenters. The largest absolute Gasteiger partial charge is 0.416 e. The maximum absolute atomic E-state index is 12.8. The summed E-state index contributed by atoms with van der Waals surface area (Å²) in [7, 11) is 0. The van der Waals surface area contributed by atoms with Gasteiger partial charge in [-0.05, 0) is 43.7 Å². The molecule has 0 bridgehead atoms. The summed E-state index contributed by atoms with van der Waals surface area (Å²) in [5.74, 6) is -0.206. The van der Waals surface area contributed by atoms with E-state index < -0.39 is 11.7 Å². The predicted octanol–water partition coefficient (Wildman–Crippen LogP) is 5.70. The van der Waals surface area contributed by atoms with E-state index in [1.165, 1.54) is 23.5 Å². The first-order chi connectivity index (χ1) is 13.2. The highest BCUT2D eigenvalue weighted by molar-refractivity contribution is 7.13. The number of benzene rings is 2. The van der Waals surface area contributed by atoms with Crippen molar-refractivity contribution in [2.45, 2.75) is 26.4 Å². The number of rotatable bonds is 5. The highest BCUT2D eigenvalue weighted by Crippen LogP contribution is 2.31. The second kappa shape index (κ2) is 8.02. The van der Waals surface area contributed by atoms with Crippen LogP contribution in [0.2, 0.25) is 0 Å². The minimum atomic E-state index is -4.40. The van der Waals surface area contributed by atoms with E-state index in [4.69, 9.17) is 0 Å². The molecule has 0 aliphatic rings. The summed E-state index contributed by atoms with van der Waals surface area (Å²) in [6, 6.07) is 10.6. The summed E-state index contributed by atoms with van der Waals surface area (Å²) in [4.78, 5) is 16.5. The number of carbonyl (C=O) groups excluding carboxylic acids is 1. The number of aromatic nitrogens is 1. The van der Waals surface area contributed by atoms with E-state index in [0.29, 0.717) is 10.8 Å². The molecule has 0 saturated heterocycles. The minimum Gasteiger partial charge on any atom is -0.332 e. The van der Waals surface area contributed by atoms with E-state index in [9.17, 15) is 18.0 Å². The van der Waals surface area contributed by atoms with Crippen LogP contribution in [-0.4, -0.2) is 10.9 Å². The number of hydrogen-bond donors (Lipinski definition) is 2. The maximum atomic E-state index is 12.8. The number of nitrogens with one attached hydrogen (secondary N) is 2. The first kappa shape index (κ1) is 19.9. The van der Waals surface area contributed by atoms with Gasteiger partial charge in [-0.25, -0.2) is 4.98 Å². The lowest BCUT2D eigenvalue weighted by Crippen LogP contribution is -2.15. The zero-order valence-corrected chi connectivity index (χ0v) is 16.0. The molecule has 4 nitrogen and oxygen atoms in total. The standard InChI is InChI=1S/C20H18F3N3OS/c1-12-6-7-17(13(2)8-12)26-18(27)10-16-11-28-19(25-16)24-15-5-3-4-14(9-15)20(21,22)23/h3-9,11H,10H2,1-2H3,(H,24,25)(H,26,27). The number of thiazole rings is 1. The Kier molecular flexibility index (Phi) is 5.69. The second-order valence-electron chi connectivity index (χ2n) is 6.39. The smallest absolute Gasteiger partial charge is 0.332 e. The van der Waals surface area contributed by atoms with E-state index in [1.54, 1.807) is 5.38 Å². The number of aryl methyl sites for hydroxylation is 2. The normalized spacial score (nSPS) is 11.3. The molecule has 8 heteroatoms. The van der Waals surface area contributed by atoms with Gasteiger partial charge >= 0.3 is 6.18 Å². The average Bonchev–Trinajstić information content (AvgIpc) is 3.03. The molecule has 3 aromatic rings. The Labute approximate surface area is 164 Å². The fourth-order valence-electron chi connectivity index (χ4n) is 2.66. The Bertz CT molecular complexity index is 998. The van der Waals surface area contributed by atoms with E-state index in [2.05, 4.69) is 15.6 Å². The lowest BCUT2D eigenvalue weighted by molar-refractivity contribution is -0.137. The van der Waals surface area contributed by atoms with Crippen molar-refractivity contribution >= 4 is 33.8 Å². The van der Waals surface area contributed by atoms with Crippen molar-refractivity contribution in [3.05, 3.63) is 70.2 Å². The molecule has 0 spiro atoms. The highest BCUT2D eigenvalue weighted by atomic mass is 32.1. The molecule has 3 rings (SSSR count). The number of anilines is 3. The Morgan fingerprint density at radius 1 is 1.14 bits per heavy atom. The summed E-state index contributed by atoms with van der Waals surface area (Å²) in [5, 5.41) is 7.83. The predicted molar refractivity (Wildman–Crippen MR) is 105 cm³/mol. The molecule has 2 aromatic carbocycles. The zero-order valence-electron chi connectivity index (χ0n) is 15.2. The van der Waals surface area contributed by atoms with Gasteiger partial charge in [0.15, 0.2) is 5.13 Å². The second-order valence-corrected chi connectivity index (χ2v) is 7.25. The molecule has 1 amide bonds. The van der Waals surface area contributed by atoms with Gasteiger partial charge in [0.25, 0.3) is 0 Å². The molecule has 2 N–H and O–H groups in total. The number of nitrogens with zero attached hydrogens (tertiary/aromatic N) is 1. The average molecular weight is 405 g/mol. The van der Waals surface area contributed by atoms with Crippen molar-refractivity contribution in [2.24, 2.45) is 0 Å². The Hall–Kier alpha value is -2.87. The van der Waals surface area contributed by atoms with Crippen molar-refractivity contribution in [3.8, 4) is 0 Å². The van der Waals surface area contributed by atoms with E-state index in [-0.39, 0.29) is 18.0 Å². The lowest BCUT2D eigenvalue weighted by atomic mass is 10.1. The van der Waals surface area contributed by atoms with Crippen LogP contribution in [0, 0.1) is 13.8 Å². The number of carbonyl (C=O) groups is 1. The van der Waals surface area contributed by atoms with Crippen molar-refractivity contribution < 1.29 is 18.0 Å². The van der Waals surface area contributed by atoms with Gasteiger partial charge < -0.3 is 10.6 Å². The van der Waals surface area contributed by atoms with Crippen LogP contribution in [-0.2, 0) is 17.4 Å². The van der Waals surface area contributed by atoms with Crippen LogP contribution in [0.25, 0.3) is 0 Å². The van der Waals surface area contributed by atoms with Crippen LogP contribution in [0.5, 0.6) is 0 Å². The van der Waals surface area contributed by atoms with Crippen LogP contribution in [0.3, 0.4) is 0 Å². The third-order valence-electron chi connectivity index (χ3n) is 3.99. The zero-order chi connectivity index (χ0) is 20.3. The molecule has 1 aromatic heterocycles. The van der Waals surface area contributed by atoms with Crippen molar-refractivity contribution in [3.63, 3.8) is 0 Å². The number of halogens is 3. The van der Waals surface area contributed by atoms with Crippen LogP contribution in [0.1, 0.15) is 22.4 Å². The Morgan fingerprint density at radius 2 is 1.93 bits per heavy atom. The number of alkyl halides is 3. The van der Waals surface area contributed by atoms with Crippen LogP contribution < -0.4 is 10.6 Å². The molecule has 0 radical (unpaired) electrons. The third kappa shape index (κ3) is 5.10.